The van der Waals surface area contributed by atoms with Crippen LogP contribution in [0, 0.1) is 0 Å². The molecule has 0 fully saturated rings. The van der Waals surface area contributed by atoms with Crippen molar-refractivity contribution in [1.29, 1.82) is 0 Å². The van der Waals surface area contributed by atoms with Gasteiger partial charge in [-0.25, -0.2) is 9.48 Å². The number of fused-ring (bicyclic) bond motifs is 1. The monoisotopic (exact) mass is 285 g/mol. The van der Waals surface area contributed by atoms with Crippen molar-refractivity contribution in [3.63, 3.8) is 0 Å². The minimum absolute atomic E-state index is 0. The molecule has 0 N–H and O–H groups in total. The van der Waals surface area contributed by atoms with Gasteiger partial charge < -0.3 is 12.9 Å². The molecule has 2 heterocycles. The summed E-state index contributed by atoms with van der Waals surface area (Å²) in [5.41, 5.74) is -1.37. The van der Waals surface area contributed by atoms with E-state index in [1.54, 1.807) is 0 Å². The van der Waals surface area contributed by atoms with Gasteiger partial charge >= 0.3 is 64.1 Å². The molecule has 0 aliphatic carbocycles. The van der Waals surface area contributed by atoms with Crippen LogP contribution in [0.2, 0.25) is 0 Å². The number of hydrogen-bond donors (Lipinski definition) is 0. The Morgan fingerprint density at radius 3 is 2.61 bits per heavy atom. The first-order valence-corrected chi connectivity index (χ1v) is 5.43. The van der Waals surface area contributed by atoms with Crippen molar-refractivity contribution >= 4 is 6.98 Å². The number of allylic oxidation sites excluding steroid dienone is 1. The van der Waals surface area contributed by atoms with Crippen molar-refractivity contribution in [3.05, 3.63) is 28.4 Å². The van der Waals surface area contributed by atoms with Crippen molar-refractivity contribution in [3.8, 4) is 0 Å². The summed E-state index contributed by atoms with van der Waals surface area (Å²) in [4.78, 5) is 11.7. The van der Waals surface area contributed by atoms with Crippen LogP contribution in [0.1, 0.15) is 18.7 Å². The van der Waals surface area contributed by atoms with Crippen LogP contribution < -0.4 is 57.1 Å². The van der Waals surface area contributed by atoms with Crippen molar-refractivity contribution in [1.82, 2.24) is 14.3 Å². The number of rotatable bonds is 3. The molecular formula is C9H12BF3KN3O. The molecule has 0 saturated carbocycles. The van der Waals surface area contributed by atoms with Gasteiger partial charge in [-0.2, -0.15) is 5.10 Å². The zero-order valence-corrected chi connectivity index (χ0v) is 13.3. The summed E-state index contributed by atoms with van der Waals surface area (Å²) in [6.45, 7) is -2.18. The standard InChI is InChI=1S/C9H12BF3N3O.K/c1-7(10(11,12)13)6-16-9(17)15-5-3-2-4-8(15)14-16;/h1-6H2;/q-1;+1. The number of hydrogen-bond acceptors (Lipinski definition) is 2. The molecule has 0 aromatic carbocycles. The van der Waals surface area contributed by atoms with E-state index in [-0.39, 0.29) is 51.4 Å². The van der Waals surface area contributed by atoms with Crippen LogP contribution in [-0.2, 0) is 19.5 Å². The maximum Gasteiger partial charge on any atom is 1.00 e. The zero-order chi connectivity index (χ0) is 12.6. The summed E-state index contributed by atoms with van der Waals surface area (Å²) < 4.78 is 39.4. The molecule has 4 nitrogen and oxygen atoms in total. The van der Waals surface area contributed by atoms with Gasteiger partial charge in [-0.3, -0.25) is 4.57 Å². The molecule has 1 aliphatic heterocycles. The van der Waals surface area contributed by atoms with E-state index in [9.17, 15) is 17.7 Å². The molecule has 0 saturated heterocycles. The maximum absolute atomic E-state index is 12.4. The number of nitrogens with zero attached hydrogens (tertiary/aromatic N) is 3. The van der Waals surface area contributed by atoms with Gasteiger partial charge in [-0.15, -0.1) is 12.1 Å². The average Bonchev–Trinajstić information content (AvgIpc) is 2.55. The van der Waals surface area contributed by atoms with Crippen LogP contribution in [0.25, 0.3) is 0 Å². The molecular weight excluding hydrogens is 273 g/mol. The van der Waals surface area contributed by atoms with E-state index < -0.39 is 24.7 Å². The van der Waals surface area contributed by atoms with E-state index in [2.05, 4.69) is 11.7 Å². The molecule has 0 unspecified atom stereocenters. The topological polar surface area (TPSA) is 39.8 Å². The van der Waals surface area contributed by atoms with Gasteiger partial charge in [-0.05, 0) is 12.8 Å². The van der Waals surface area contributed by atoms with Gasteiger partial charge in [0.25, 0.3) is 0 Å². The van der Waals surface area contributed by atoms with E-state index in [1.807, 2.05) is 0 Å². The normalized spacial score (nSPS) is 14.8. The molecule has 1 aromatic heterocycles. The molecule has 1 aromatic rings. The Hall–Kier alpha value is 0.171. The Morgan fingerprint density at radius 2 is 2.06 bits per heavy atom. The van der Waals surface area contributed by atoms with Crippen molar-refractivity contribution in [2.24, 2.45) is 0 Å². The molecule has 0 atom stereocenters. The maximum atomic E-state index is 12.4. The van der Waals surface area contributed by atoms with E-state index in [1.165, 1.54) is 4.57 Å². The van der Waals surface area contributed by atoms with Gasteiger partial charge in [0.05, 0.1) is 0 Å². The molecule has 94 valence electrons. The van der Waals surface area contributed by atoms with Crippen LogP contribution in [0.4, 0.5) is 12.9 Å². The zero-order valence-electron chi connectivity index (χ0n) is 10.2. The van der Waals surface area contributed by atoms with Crippen LogP contribution in [0.5, 0.6) is 0 Å². The van der Waals surface area contributed by atoms with Gasteiger partial charge in [0.15, 0.2) is 0 Å². The SMILES string of the molecule is C=C(Cn1nc2n(c1=O)CCCC2)[B-](F)(F)F.[K+]. The van der Waals surface area contributed by atoms with Gasteiger partial charge in [0.1, 0.15) is 5.82 Å². The first kappa shape index (κ1) is 16.2. The second-order valence-corrected chi connectivity index (χ2v) is 4.20. The fourth-order valence-corrected chi connectivity index (χ4v) is 1.85. The molecule has 0 amide bonds. The first-order valence-electron chi connectivity index (χ1n) is 5.43. The predicted molar refractivity (Wildman–Crippen MR) is 57.6 cm³/mol. The molecule has 9 heteroatoms. The van der Waals surface area contributed by atoms with Crippen LogP contribution in [-0.4, -0.2) is 21.3 Å². The third kappa shape index (κ3) is 3.38. The molecule has 18 heavy (non-hydrogen) atoms. The van der Waals surface area contributed by atoms with Gasteiger partial charge in [0, 0.05) is 19.5 Å². The fourth-order valence-electron chi connectivity index (χ4n) is 1.85. The third-order valence-electron chi connectivity index (χ3n) is 2.85. The Balaban J connectivity index is 0.00000162. The first-order chi connectivity index (χ1) is 7.89. The summed E-state index contributed by atoms with van der Waals surface area (Å²) in [7, 11) is 0. The predicted octanol–water partition coefficient (Wildman–Crippen LogP) is -1.67. The van der Waals surface area contributed by atoms with E-state index in [0.29, 0.717) is 18.8 Å². The van der Waals surface area contributed by atoms with Crippen molar-refractivity contribution in [2.45, 2.75) is 32.4 Å². The van der Waals surface area contributed by atoms with Gasteiger partial charge in [-0.1, -0.05) is 0 Å². The van der Waals surface area contributed by atoms with E-state index in [4.69, 9.17) is 0 Å². The fraction of sp³-hybridized carbons (Fsp3) is 0.556. The summed E-state index contributed by atoms with van der Waals surface area (Å²) >= 11 is 0. The molecule has 2 rings (SSSR count). The summed E-state index contributed by atoms with van der Waals surface area (Å²) in [5.74, 6) is 0.573. The number of aryl methyl sites for hydroxylation is 1. The summed E-state index contributed by atoms with van der Waals surface area (Å²) in [5, 5.41) is 3.92. The minimum Gasteiger partial charge on any atom is -0.445 e. The van der Waals surface area contributed by atoms with E-state index >= 15 is 0 Å². The number of aromatic nitrogens is 3. The second-order valence-electron chi connectivity index (χ2n) is 4.20. The molecule has 0 radical (unpaired) electrons. The second kappa shape index (κ2) is 6.08. The summed E-state index contributed by atoms with van der Waals surface area (Å²) in [6.07, 6.45) is 2.43. The number of halogens is 3. The quantitative estimate of drug-likeness (QED) is 0.623. The average molecular weight is 285 g/mol. The van der Waals surface area contributed by atoms with Gasteiger partial charge in [0.2, 0.25) is 0 Å². The largest absolute Gasteiger partial charge is 1.00 e. The summed E-state index contributed by atoms with van der Waals surface area (Å²) in [6, 6.07) is 0. The Kier molecular flexibility index (Phi) is 5.48. The van der Waals surface area contributed by atoms with Crippen molar-refractivity contribution < 1.29 is 64.3 Å². The Labute approximate surface area is 145 Å². The van der Waals surface area contributed by atoms with E-state index in [0.717, 1.165) is 17.5 Å². The third-order valence-corrected chi connectivity index (χ3v) is 2.85. The van der Waals surface area contributed by atoms with Crippen molar-refractivity contribution in [2.75, 3.05) is 0 Å². The van der Waals surface area contributed by atoms with Crippen LogP contribution >= 0.6 is 0 Å². The molecule has 0 bridgehead atoms. The Morgan fingerprint density at radius 1 is 1.39 bits per heavy atom. The Bertz CT molecular complexity index is 508. The minimum atomic E-state index is -5.11. The smallest absolute Gasteiger partial charge is 0.445 e. The van der Waals surface area contributed by atoms with Crippen LogP contribution in [0.15, 0.2) is 16.8 Å². The molecule has 0 spiro atoms. The molecule has 1 aliphatic rings. The van der Waals surface area contributed by atoms with Crippen LogP contribution in [0.3, 0.4) is 0 Å².